The van der Waals surface area contributed by atoms with Crippen LogP contribution in [-0.2, 0) is 20.1 Å². The molecule has 3 aliphatic rings. The average molecular weight is 1730 g/mol. The molecule has 0 spiro atoms. The van der Waals surface area contributed by atoms with Crippen molar-refractivity contribution in [2.24, 2.45) is 0 Å². The molecule has 1 fully saturated rings. The molecule has 116 heavy (non-hydrogen) atoms. The molecule has 554 valence electrons. The highest BCUT2D eigenvalue weighted by atomic mass is 127. The molecule has 1 aliphatic heterocycles. The van der Waals surface area contributed by atoms with E-state index in [1.165, 1.54) is 167 Å². The van der Waals surface area contributed by atoms with Crippen molar-refractivity contribution in [2.45, 2.75) is 49.7 Å². The average Bonchev–Trinajstić information content (AvgIpc) is 1.55. The first-order valence-corrected chi connectivity index (χ1v) is 42.5. The first-order valence-electron chi connectivity index (χ1n) is 39.8. The van der Waals surface area contributed by atoms with Gasteiger partial charge in [0.25, 0.3) is 0 Å². The fourth-order valence-electron chi connectivity index (χ4n) is 19.5. The summed E-state index contributed by atoms with van der Waals surface area (Å²) >= 11 is 9.52. The maximum Gasteiger partial charge on any atom is 0.494 e. The van der Waals surface area contributed by atoms with Gasteiger partial charge in [0.2, 0.25) is 0 Å². The summed E-state index contributed by atoms with van der Waals surface area (Å²) in [6.45, 7) is 8.48. The lowest BCUT2D eigenvalue weighted by molar-refractivity contribution is 0.00578. The molecule has 20 aromatic rings. The third kappa shape index (κ3) is 11.1. The van der Waals surface area contributed by atoms with Gasteiger partial charge in [-0.15, -0.1) is 0 Å². The Morgan fingerprint density at radius 1 is 0.276 bits per heavy atom. The van der Waals surface area contributed by atoms with Gasteiger partial charge in [-0.3, -0.25) is 0 Å². The molecule has 0 N–H and O–H groups in total. The molecule has 0 saturated carbocycles. The van der Waals surface area contributed by atoms with Crippen LogP contribution in [0.15, 0.2) is 397 Å². The van der Waals surface area contributed by atoms with Crippen LogP contribution in [0.2, 0.25) is 0 Å². The zero-order valence-electron chi connectivity index (χ0n) is 64.4. The van der Waals surface area contributed by atoms with Crippen LogP contribution in [0.3, 0.4) is 0 Å². The molecule has 4 nitrogen and oxygen atoms in total. The smallest absolute Gasteiger partial charge is 0.399 e. The Morgan fingerprint density at radius 3 is 1.03 bits per heavy atom. The van der Waals surface area contributed by atoms with E-state index in [0.717, 1.165) is 26.8 Å². The largest absolute Gasteiger partial charge is 0.494 e. The van der Waals surface area contributed by atoms with Crippen molar-refractivity contribution in [1.82, 2.24) is 9.13 Å². The Labute approximate surface area is 705 Å². The minimum Gasteiger partial charge on any atom is -0.399 e. The number of nitrogens with zero attached hydrogens (tertiary/aromatic N) is 2. The molecule has 8 heteroatoms. The first kappa shape index (κ1) is 72.0. The monoisotopic (exact) mass is 1730 g/mol. The summed E-state index contributed by atoms with van der Waals surface area (Å²) in [6.07, 6.45) is 0. The molecule has 0 atom stereocenters. The number of hydrogen-bond donors (Lipinski definition) is 0. The quantitative estimate of drug-likeness (QED) is 0.0862. The number of halogens is 3. The SMILES string of the molecule is Brc1ccccc1-c1ccc2c3c4ccccc4c4ccccc4c3n(-c3ccc4c(c3)-c3ccccc3C4(c3ccccc3)c3ccccc3)c2c1.Brc1ccccc1I.CC1(C)OB(c2ccc3c4c5ccccc5c5ccccc5c4n(-c4ccc5c(c4)-c4ccccc4C5(c4ccccc4)c4ccccc4)c3c2)OC1(C)C. The highest BCUT2D eigenvalue weighted by Crippen LogP contribution is 2.59. The normalized spacial score (nSPS) is 14.5. The van der Waals surface area contributed by atoms with Crippen LogP contribution in [0.25, 0.3) is 131 Å². The fourth-order valence-corrected chi connectivity index (χ4v) is 20.7. The van der Waals surface area contributed by atoms with Crippen molar-refractivity contribution in [1.29, 1.82) is 0 Å². The molecule has 2 aromatic heterocycles. The predicted molar refractivity (Wildman–Crippen MR) is 502 cm³/mol. The molecule has 0 bridgehead atoms. The third-order valence-electron chi connectivity index (χ3n) is 25.2. The number of fused-ring (bicyclic) bond motifs is 22. The second kappa shape index (κ2) is 28.3. The second-order valence-electron chi connectivity index (χ2n) is 31.8. The second-order valence-corrected chi connectivity index (χ2v) is 34.7. The van der Waals surface area contributed by atoms with E-state index in [1.807, 2.05) is 18.2 Å². The Balaban J connectivity index is 0.000000132. The number of hydrogen-bond acceptors (Lipinski definition) is 2. The summed E-state index contributed by atoms with van der Waals surface area (Å²) < 4.78 is 21.8. The van der Waals surface area contributed by atoms with Crippen LogP contribution >= 0.6 is 54.5 Å². The molecule has 0 amide bonds. The van der Waals surface area contributed by atoms with E-state index >= 15 is 0 Å². The molecule has 1 saturated heterocycles. The van der Waals surface area contributed by atoms with Gasteiger partial charge in [0.1, 0.15) is 0 Å². The Bertz CT molecular complexity index is 7220. The van der Waals surface area contributed by atoms with E-state index in [9.17, 15) is 0 Å². The first-order chi connectivity index (χ1) is 56.8. The van der Waals surface area contributed by atoms with Crippen molar-refractivity contribution >= 4 is 154 Å². The fraction of sp³-hybridized carbons (Fsp3) is 0.0741. The highest BCUT2D eigenvalue weighted by molar-refractivity contribution is 14.1. The molecule has 18 aromatic carbocycles. The van der Waals surface area contributed by atoms with Crippen molar-refractivity contribution in [2.75, 3.05) is 0 Å². The Kier molecular flexibility index (Phi) is 17.6. The molecular weight excluding hydrogens is 1650 g/mol. The Morgan fingerprint density at radius 2 is 0.612 bits per heavy atom. The van der Waals surface area contributed by atoms with Gasteiger partial charge in [-0.1, -0.05) is 350 Å². The van der Waals surface area contributed by atoms with E-state index in [1.54, 1.807) is 0 Å². The van der Waals surface area contributed by atoms with E-state index in [4.69, 9.17) is 9.31 Å². The van der Waals surface area contributed by atoms with Crippen molar-refractivity contribution in [3.63, 3.8) is 0 Å². The van der Waals surface area contributed by atoms with Crippen LogP contribution in [0.5, 0.6) is 0 Å². The molecule has 23 rings (SSSR count). The maximum atomic E-state index is 6.63. The zero-order chi connectivity index (χ0) is 78.2. The summed E-state index contributed by atoms with van der Waals surface area (Å²) in [7, 11) is -0.474. The van der Waals surface area contributed by atoms with Gasteiger partial charge in [0.05, 0.1) is 44.1 Å². The molecule has 3 heterocycles. The van der Waals surface area contributed by atoms with Crippen molar-refractivity contribution in [3.05, 3.63) is 445 Å². The summed E-state index contributed by atoms with van der Waals surface area (Å²) in [5.74, 6) is 0. The van der Waals surface area contributed by atoms with Gasteiger partial charge in [0, 0.05) is 56.2 Å². The summed E-state index contributed by atoms with van der Waals surface area (Å²) in [6, 6.07) is 143. The lowest BCUT2D eigenvalue weighted by Gasteiger charge is -2.33. The van der Waals surface area contributed by atoms with Gasteiger partial charge in [-0.2, -0.15) is 0 Å². The van der Waals surface area contributed by atoms with Gasteiger partial charge < -0.3 is 18.4 Å². The summed E-state index contributed by atoms with van der Waals surface area (Å²) in [4.78, 5) is 0. The number of rotatable bonds is 8. The standard InChI is InChI=1S/C51H40BNO2.C51H32BrN.C6H4BrI/c1-49(2)50(3,4)55-52(54-49)35-27-29-42-46(31-35)53(48-41-25-14-12-22-38(41)37-21-11-13-24-40(37)47(42)48)36-28-30-45-43(32-36)39-23-15-16-26-44(39)51(45,33-17-7-5-8-18-33)34-19-9-6-10-20-34;52-47-26-14-12-19-37(47)33-27-29-43-48(31-33)53(50-42-24-10-8-21-39(42)38-20-7-9-23-41(38)49(43)50)36-28-30-46-44(32-36)40-22-11-13-25-45(40)51(46,34-15-3-1-4-16-34)35-17-5-2-6-18-35;7-5-3-1-2-4-6(5)8/h5-32H,1-4H3;1-32H;1-4H. The van der Waals surface area contributed by atoms with Gasteiger partial charge in [0.15, 0.2) is 0 Å². The number of benzene rings is 18. The van der Waals surface area contributed by atoms with E-state index in [2.05, 4.69) is 461 Å². The van der Waals surface area contributed by atoms with Crippen LogP contribution < -0.4 is 5.46 Å². The molecule has 0 radical (unpaired) electrons. The molecular formula is C108H76BBr2IN2O2. The lowest BCUT2D eigenvalue weighted by atomic mass is 9.68. The minimum absolute atomic E-state index is 0.441. The van der Waals surface area contributed by atoms with E-state index in [-0.39, 0.29) is 0 Å². The van der Waals surface area contributed by atoms with Gasteiger partial charge in [-0.05, 0) is 236 Å². The summed E-state index contributed by atoms with van der Waals surface area (Å²) in [5, 5.41) is 15.1. The van der Waals surface area contributed by atoms with E-state index in [0.29, 0.717) is 0 Å². The Hall–Kier alpha value is -11.7. The van der Waals surface area contributed by atoms with Gasteiger partial charge in [-0.25, -0.2) is 0 Å². The van der Waals surface area contributed by atoms with Crippen molar-refractivity contribution in [3.8, 4) is 44.8 Å². The van der Waals surface area contributed by atoms with Crippen LogP contribution in [0.4, 0.5) is 0 Å². The maximum absolute atomic E-state index is 6.63. The third-order valence-corrected chi connectivity index (χ3v) is 28.3. The van der Waals surface area contributed by atoms with Crippen LogP contribution in [-0.4, -0.2) is 27.5 Å². The number of aromatic nitrogens is 2. The van der Waals surface area contributed by atoms with E-state index < -0.39 is 29.2 Å². The van der Waals surface area contributed by atoms with Crippen LogP contribution in [0.1, 0.15) is 72.2 Å². The minimum atomic E-state index is -0.474. The van der Waals surface area contributed by atoms with Crippen LogP contribution in [0, 0.1) is 3.57 Å². The van der Waals surface area contributed by atoms with Crippen molar-refractivity contribution < 1.29 is 9.31 Å². The molecule has 0 unspecified atom stereocenters. The highest BCUT2D eigenvalue weighted by Gasteiger charge is 2.52. The lowest BCUT2D eigenvalue weighted by Crippen LogP contribution is -2.41. The summed E-state index contributed by atoms with van der Waals surface area (Å²) in [5.41, 5.74) is 24.0. The molecule has 2 aliphatic carbocycles. The van der Waals surface area contributed by atoms with Gasteiger partial charge >= 0.3 is 7.12 Å². The topological polar surface area (TPSA) is 28.3 Å². The predicted octanol–water partition coefficient (Wildman–Crippen LogP) is 28.7. The zero-order valence-corrected chi connectivity index (χ0v) is 69.7.